The Hall–Kier alpha value is -2.69. The SMILES string of the molecule is Cc1cc(O)c(O)cc1CCNC(=O)Nc1ccccc1. The lowest BCUT2D eigenvalue weighted by molar-refractivity contribution is 0.252. The number of phenolic OH excluding ortho intramolecular Hbond substituents is 2. The van der Waals surface area contributed by atoms with Gasteiger partial charge in [0.1, 0.15) is 0 Å². The highest BCUT2D eigenvalue weighted by Crippen LogP contribution is 2.27. The second-order valence-corrected chi connectivity index (χ2v) is 4.76. The Morgan fingerprint density at radius 1 is 1.10 bits per heavy atom. The van der Waals surface area contributed by atoms with E-state index in [1.54, 1.807) is 0 Å². The van der Waals surface area contributed by atoms with Gasteiger partial charge in [-0.3, -0.25) is 0 Å². The van der Waals surface area contributed by atoms with E-state index in [-0.39, 0.29) is 17.5 Å². The highest BCUT2D eigenvalue weighted by molar-refractivity contribution is 5.89. The molecule has 0 spiro atoms. The average molecular weight is 286 g/mol. The Kier molecular flexibility index (Phi) is 4.66. The molecule has 5 heteroatoms. The van der Waals surface area contributed by atoms with Crippen molar-refractivity contribution in [2.24, 2.45) is 0 Å². The first-order valence-electron chi connectivity index (χ1n) is 6.67. The highest BCUT2D eigenvalue weighted by atomic mass is 16.3. The van der Waals surface area contributed by atoms with E-state index in [0.717, 1.165) is 16.8 Å². The maximum absolute atomic E-state index is 11.7. The number of anilines is 1. The number of aryl methyl sites for hydroxylation is 1. The van der Waals surface area contributed by atoms with E-state index < -0.39 is 0 Å². The van der Waals surface area contributed by atoms with Gasteiger partial charge in [-0.15, -0.1) is 0 Å². The number of benzene rings is 2. The van der Waals surface area contributed by atoms with Gasteiger partial charge in [-0.05, 0) is 48.7 Å². The molecule has 0 aliphatic rings. The predicted molar refractivity (Wildman–Crippen MR) is 81.7 cm³/mol. The monoisotopic (exact) mass is 286 g/mol. The Morgan fingerprint density at radius 3 is 2.48 bits per heavy atom. The molecular formula is C16H18N2O3. The molecule has 0 atom stereocenters. The zero-order valence-corrected chi connectivity index (χ0v) is 11.8. The molecule has 0 saturated heterocycles. The smallest absolute Gasteiger partial charge is 0.319 e. The van der Waals surface area contributed by atoms with E-state index in [9.17, 15) is 15.0 Å². The molecule has 0 aliphatic carbocycles. The van der Waals surface area contributed by atoms with Crippen molar-refractivity contribution in [1.82, 2.24) is 5.32 Å². The average Bonchev–Trinajstić information content (AvgIpc) is 2.45. The maximum atomic E-state index is 11.7. The topological polar surface area (TPSA) is 81.6 Å². The summed E-state index contributed by atoms with van der Waals surface area (Å²) >= 11 is 0. The molecule has 0 bridgehead atoms. The normalized spacial score (nSPS) is 10.1. The van der Waals surface area contributed by atoms with E-state index in [2.05, 4.69) is 10.6 Å². The van der Waals surface area contributed by atoms with Crippen LogP contribution in [-0.4, -0.2) is 22.8 Å². The summed E-state index contributed by atoms with van der Waals surface area (Å²) < 4.78 is 0. The molecule has 0 aromatic heterocycles. The number of phenols is 2. The van der Waals surface area contributed by atoms with Crippen molar-refractivity contribution < 1.29 is 15.0 Å². The predicted octanol–water partition coefficient (Wildman–Crippen LogP) is 2.77. The van der Waals surface area contributed by atoms with Gasteiger partial charge in [0.2, 0.25) is 0 Å². The molecule has 0 aliphatic heterocycles. The molecule has 0 fully saturated rings. The van der Waals surface area contributed by atoms with Crippen molar-refractivity contribution in [2.75, 3.05) is 11.9 Å². The van der Waals surface area contributed by atoms with Gasteiger partial charge in [0.15, 0.2) is 11.5 Å². The van der Waals surface area contributed by atoms with Crippen molar-refractivity contribution in [2.45, 2.75) is 13.3 Å². The van der Waals surface area contributed by atoms with Gasteiger partial charge in [-0.2, -0.15) is 0 Å². The van der Waals surface area contributed by atoms with Crippen LogP contribution in [0.2, 0.25) is 0 Å². The first-order valence-corrected chi connectivity index (χ1v) is 6.67. The molecule has 5 nitrogen and oxygen atoms in total. The third kappa shape index (κ3) is 4.14. The lowest BCUT2D eigenvalue weighted by Crippen LogP contribution is -2.30. The molecule has 2 amide bonds. The Morgan fingerprint density at radius 2 is 1.76 bits per heavy atom. The summed E-state index contributed by atoms with van der Waals surface area (Å²) in [5, 5.41) is 24.3. The van der Waals surface area contributed by atoms with Crippen LogP contribution in [0.3, 0.4) is 0 Å². The van der Waals surface area contributed by atoms with Gasteiger partial charge in [-0.25, -0.2) is 4.79 Å². The van der Waals surface area contributed by atoms with Crippen LogP contribution >= 0.6 is 0 Å². The highest BCUT2D eigenvalue weighted by Gasteiger charge is 2.06. The quantitative estimate of drug-likeness (QED) is 0.652. The maximum Gasteiger partial charge on any atom is 0.319 e. The molecule has 0 radical (unpaired) electrons. The molecule has 4 N–H and O–H groups in total. The molecule has 2 rings (SSSR count). The zero-order chi connectivity index (χ0) is 15.2. The van der Waals surface area contributed by atoms with Crippen LogP contribution in [0.1, 0.15) is 11.1 Å². The van der Waals surface area contributed by atoms with E-state index in [4.69, 9.17) is 0 Å². The summed E-state index contributed by atoms with van der Waals surface area (Å²) in [7, 11) is 0. The van der Waals surface area contributed by atoms with Crippen LogP contribution < -0.4 is 10.6 Å². The molecule has 0 unspecified atom stereocenters. The largest absolute Gasteiger partial charge is 0.504 e. The van der Waals surface area contributed by atoms with E-state index in [1.807, 2.05) is 37.3 Å². The molecule has 2 aromatic carbocycles. The second-order valence-electron chi connectivity index (χ2n) is 4.76. The van der Waals surface area contributed by atoms with Crippen molar-refractivity contribution in [1.29, 1.82) is 0 Å². The lowest BCUT2D eigenvalue weighted by Gasteiger charge is -2.10. The van der Waals surface area contributed by atoms with Crippen LogP contribution in [-0.2, 0) is 6.42 Å². The van der Waals surface area contributed by atoms with Crippen LogP contribution in [0.15, 0.2) is 42.5 Å². The summed E-state index contributed by atoms with van der Waals surface area (Å²) in [6.45, 7) is 2.28. The number of aromatic hydroxyl groups is 2. The molecule has 110 valence electrons. The minimum absolute atomic E-state index is 0.133. The zero-order valence-electron chi connectivity index (χ0n) is 11.8. The number of nitrogens with one attached hydrogen (secondary N) is 2. The third-order valence-electron chi connectivity index (χ3n) is 3.14. The van der Waals surface area contributed by atoms with Gasteiger partial charge in [0.25, 0.3) is 0 Å². The van der Waals surface area contributed by atoms with Crippen LogP contribution in [0.4, 0.5) is 10.5 Å². The number of rotatable bonds is 4. The third-order valence-corrected chi connectivity index (χ3v) is 3.14. The Bertz CT molecular complexity index is 627. The summed E-state index contributed by atoms with van der Waals surface area (Å²) in [5.41, 5.74) is 2.48. The summed E-state index contributed by atoms with van der Waals surface area (Å²) in [6, 6.07) is 11.9. The first-order chi connectivity index (χ1) is 10.1. The van der Waals surface area contributed by atoms with Crippen molar-refractivity contribution in [3.05, 3.63) is 53.6 Å². The van der Waals surface area contributed by atoms with Gasteiger partial charge in [0.05, 0.1) is 0 Å². The summed E-state index contributed by atoms with van der Waals surface area (Å²) in [4.78, 5) is 11.7. The number of carbonyl (C=O) groups is 1. The van der Waals surface area contributed by atoms with Crippen LogP contribution in [0, 0.1) is 6.92 Å². The molecule has 21 heavy (non-hydrogen) atoms. The van der Waals surface area contributed by atoms with Crippen LogP contribution in [0.5, 0.6) is 11.5 Å². The number of hydrogen-bond donors (Lipinski definition) is 4. The number of para-hydroxylation sites is 1. The number of amides is 2. The van der Waals surface area contributed by atoms with Crippen molar-refractivity contribution >= 4 is 11.7 Å². The second kappa shape index (κ2) is 6.65. The van der Waals surface area contributed by atoms with E-state index in [1.165, 1.54) is 12.1 Å². The van der Waals surface area contributed by atoms with Gasteiger partial charge < -0.3 is 20.8 Å². The fourth-order valence-corrected chi connectivity index (χ4v) is 2.00. The number of urea groups is 1. The van der Waals surface area contributed by atoms with Crippen molar-refractivity contribution in [3.63, 3.8) is 0 Å². The molecule has 2 aromatic rings. The molecule has 0 saturated carbocycles. The number of hydrogen-bond acceptors (Lipinski definition) is 3. The molecule has 0 heterocycles. The lowest BCUT2D eigenvalue weighted by atomic mass is 10.0. The van der Waals surface area contributed by atoms with Gasteiger partial charge in [0, 0.05) is 12.2 Å². The van der Waals surface area contributed by atoms with E-state index >= 15 is 0 Å². The minimum Gasteiger partial charge on any atom is -0.504 e. The Balaban J connectivity index is 1.84. The summed E-state index contributed by atoms with van der Waals surface area (Å²) in [5.74, 6) is -0.282. The van der Waals surface area contributed by atoms with Crippen LogP contribution in [0.25, 0.3) is 0 Å². The molecular weight excluding hydrogens is 268 g/mol. The minimum atomic E-state index is -0.276. The van der Waals surface area contributed by atoms with Gasteiger partial charge >= 0.3 is 6.03 Å². The number of carbonyl (C=O) groups excluding carboxylic acids is 1. The summed E-state index contributed by atoms with van der Waals surface area (Å²) in [6.07, 6.45) is 0.571. The fourth-order valence-electron chi connectivity index (χ4n) is 2.00. The Labute approximate surface area is 123 Å². The van der Waals surface area contributed by atoms with Crippen molar-refractivity contribution in [3.8, 4) is 11.5 Å². The standard InChI is InChI=1S/C16H18N2O3/c1-11-9-14(19)15(20)10-12(11)7-8-17-16(21)18-13-5-3-2-4-6-13/h2-6,9-10,19-20H,7-8H2,1H3,(H2,17,18,21). The fraction of sp³-hybridized carbons (Fsp3) is 0.188. The van der Waals surface area contributed by atoms with Gasteiger partial charge in [-0.1, -0.05) is 18.2 Å². The first kappa shape index (κ1) is 14.7. The van der Waals surface area contributed by atoms with E-state index in [0.29, 0.717) is 13.0 Å².